The second kappa shape index (κ2) is 5.87. The summed E-state index contributed by atoms with van der Waals surface area (Å²) in [5.74, 6) is 0. The Bertz CT molecular complexity index is 513. The Morgan fingerprint density at radius 2 is 2.06 bits per heavy atom. The van der Waals surface area contributed by atoms with E-state index in [1.165, 1.54) is 4.88 Å². The highest BCUT2D eigenvalue weighted by atomic mass is 79.9. The molecule has 2 aromatic rings. The van der Waals surface area contributed by atoms with Crippen molar-refractivity contribution in [1.29, 1.82) is 0 Å². The highest BCUT2D eigenvalue weighted by Crippen LogP contribution is 2.22. The van der Waals surface area contributed by atoms with Crippen LogP contribution < -0.4 is 11.1 Å². The maximum absolute atomic E-state index is 5.86. The molecule has 5 heteroatoms. The molecule has 0 bridgehead atoms. The SMILES string of the molecule is Nc1cc(CNCc2ccc(Br)s2)ccc1Cl. The molecule has 0 aliphatic rings. The summed E-state index contributed by atoms with van der Waals surface area (Å²) >= 11 is 11.0. The van der Waals surface area contributed by atoms with Crippen molar-refractivity contribution in [3.8, 4) is 0 Å². The molecule has 1 aromatic heterocycles. The first-order chi connectivity index (χ1) is 8.15. The molecule has 0 atom stereocenters. The zero-order valence-corrected chi connectivity index (χ0v) is 12.2. The number of thiophene rings is 1. The summed E-state index contributed by atoms with van der Waals surface area (Å²) in [4.78, 5) is 1.30. The van der Waals surface area contributed by atoms with E-state index in [1.54, 1.807) is 11.3 Å². The summed E-state index contributed by atoms with van der Waals surface area (Å²) < 4.78 is 1.16. The number of nitrogens with one attached hydrogen (secondary N) is 1. The van der Waals surface area contributed by atoms with Crippen molar-refractivity contribution in [1.82, 2.24) is 5.32 Å². The summed E-state index contributed by atoms with van der Waals surface area (Å²) in [6, 6.07) is 9.88. The molecule has 0 radical (unpaired) electrons. The molecule has 0 saturated heterocycles. The highest BCUT2D eigenvalue weighted by molar-refractivity contribution is 9.11. The van der Waals surface area contributed by atoms with E-state index in [2.05, 4.69) is 33.4 Å². The molecule has 1 heterocycles. The molecule has 90 valence electrons. The van der Waals surface area contributed by atoms with Crippen LogP contribution in [0, 0.1) is 0 Å². The summed E-state index contributed by atoms with van der Waals surface area (Å²) in [6.45, 7) is 1.65. The zero-order chi connectivity index (χ0) is 12.3. The Morgan fingerprint density at radius 3 is 2.71 bits per heavy atom. The van der Waals surface area contributed by atoms with Gasteiger partial charge in [0, 0.05) is 18.0 Å². The van der Waals surface area contributed by atoms with Gasteiger partial charge in [-0.25, -0.2) is 0 Å². The van der Waals surface area contributed by atoms with Crippen LogP contribution in [-0.4, -0.2) is 0 Å². The molecule has 0 aliphatic heterocycles. The lowest BCUT2D eigenvalue weighted by Crippen LogP contribution is -2.11. The van der Waals surface area contributed by atoms with Crippen LogP contribution in [0.25, 0.3) is 0 Å². The van der Waals surface area contributed by atoms with E-state index < -0.39 is 0 Å². The summed E-state index contributed by atoms with van der Waals surface area (Å²) in [7, 11) is 0. The van der Waals surface area contributed by atoms with Gasteiger partial charge >= 0.3 is 0 Å². The van der Waals surface area contributed by atoms with Crippen molar-refractivity contribution >= 4 is 44.6 Å². The van der Waals surface area contributed by atoms with E-state index in [9.17, 15) is 0 Å². The van der Waals surface area contributed by atoms with E-state index >= 15 is 0 Å². The molecule has 3 N–H and O–H groups in total. The number of anilines is 1. The third kappa shape index (κ3) is 3.71. The van der Waals surface area contributed by atoms with Gasteiger partial charge in [0.2, 0.25) is 0 Å². The summed E-state index contributed by atoms with van der Waals surface area (Å²) in [5.41, 5.74) is 7.51. The largest absolute Gasteiger partial charge is 0.398 e. The van der Waals surface area contributed by atoms with Gasteiger partial charge in [0.05, 0.1) is 14.5 Å². The maximum atomic E-state index is 5.86. The standard InChI is InChI=1S/C12H12BrClN2S/c13-12-4-2-9(17-12)7-16-6-8-1-3-10(14)11(15)5-8/h1-5,16H,6-7,15H2. The number of rotatable bonds is 4. The molecular formula is C12H12BrClN2S. The third-order valence-electron chi connectivity index (χ3n) is 2.32. The molecule has 0 saturated carbocycles. The fraction of sp³-hybridized carbons (Fsp3) is 0.167. The lowest BCUT2D eigenvalue weighted by atomic mass is 10.2. The lowest BCUT2D eigenvalue weighted by molar-refractivity contribution is 0.701. The van der Waals surface area contributed by atoms with Crippen LogP contribution in [0.4, 0.5) is 5.69 Å². The van der Waals surface area contributed by atoms with E-state index in [1.807, 2.05) is 18.2 Å². The van der Waals surface area contributed by atoms with Crippen LogP contribution >= 0.6 is 38.9 Å². The number of halogens is 2. The van der Waals surface area contributed by atoms with Gasteiger partial charge in [-0.05, 0) is 45.8 Å². The van der Waals surface area contributed by atoms with Crippen LogP contribution in [0.2, 0.25) is 5.02 Å². The first-order valence-electron chi connectivity index (χ1n) is 5.14. The normalized spacial score (nSPS) is 10.7. The van der Waals surface area contributed by atoms with Gasteiger partial charge < -0.3 is 11.1 Å². The molecule has 17 heavy (non-hydrogen) atoms. The molecular weight excluding hydrogens is 320 g/mol. The zero-order valence-electron chi connectivity index (χ0n) is 9.04. The Labute approximate surface area is 118 Å². The Balaban J connectivity index is 1.87. The average molecular weight is 332 g/mol. The van der Waals surface area contributed by atoms with Crippen molar-refractivity contribution in [3.05, 3.63) is 49.6 Å². The second-order valence-electron chi connectivity index (χ2n) is 3.67. The number of hydrogen-bond acceptors (Lipinski definition) is 3. The predicted molar refractivity (Wildman–Crippen MR) is 78.4 cm³/mol. The number of nitrogen functional groups attached to an aromatic ring is 1. The first kappa shape index (κ1) is 12.9. The molecule has 0 amide bonds. The third-order valence-corrected chi connectivity index (χ3v) is 4.29. The van der Waals surface area contributed by atoms with E-state index in [4.69, 9.17) is 17.3 Å². The van der Waals surface area contributed by atoms with Crippen LogP contribution in [0.15, 0.2) is 34.1 Å². The predicted octanol–water partition coefficient (Wildman–Crippen LogP) is 4.04. The van der Waals surface area contributed by atoms with Crippen LogP contribution in [-0.2, 0) is 13.1 Å². The van der Waals surface area contributed by atoms with Crippen molar-refractivity contribution in [2.45, 2.75) is 13.1 Å². The van der Waals surface area contributed by atoms with Gasteiger partial charge in [0.1, 0.15) is 0 Å². The van der Waals surface area contributed by atoms with Gasteiger partial charge in [-0.2, -0.15) is 0 Å². The molecule has 0 unspecified atom stereocenters. The lowest BCUT2D eigenvalue weighted by Gasteiger charge is -2.05. The molecule has 0 spiro atoms. The fourth-order valence-electron chi connectivity index (χ4n) is 1.48. The fourth-order valence-corrected chi connectivity index (χ4v) is 3.05. The van der Waals surface area contributed by atoms with E-state index in [0.29, 0.717) is 10.7 Å². The second-order valence-corrected chi connectivity index (χ2v) is 6.62. The number of benzene rings is 1. The molecule has 0 fully saturated rings. The minimum atomic E-state index is 0.607. The average Bonchev–Trinajstić information content (AvgIpc) is 2.70. The van der Waals surface area contributed by atoms with Gasteiger partial charge in [-0.1, -0.05) is 17.7 Å². The van der Waals surface area contributed by atoms with Gasteiger partial charge in [-0.15, -0.1) is 11.3 Å². The van der Waals surface area contributed by atoms with Crippen molar-refractivity contribution in [3.63, 3.8) is 0 Å². The Hall–Kier alpha value is -0.550. The van der Waals surface area contributed by atoms with Crippen LogP contribution in [0.3, 0.4) is 0 Å². The number of hydrogen-bond donors (Lipinski definition) is 2. The first-order valence-corrected chi connectivity index (χ1v) is 7.13. The van der Waals surface area contributed by atoms with Gasteiger partial charge in [0.15, 0.2) is 0 Å². The highest BCUT2D eigenvalue weighted by Gasteiger charge is 2.00. The molecule has 2 nitrogen and oxygen atoms in total. The monoisotopic (exact) mass is 330 g/mol. The minimum Gasteiger partial charge on any atom is -0.398 e. The molecule has 2 rings (SSSR count). The van der Waals surface area contributed by atoms with Crippen LogP contribution in [0.5, 0.6) is 0 Å². The quantitative estimate of drug-likeness (QED) is 0.830. The summed E-state index contributed by atoms with van der Waals surface area (Å²) in [6.07, 6.45) is 0. The molecule has 1 aromatic carbocycles. The number of nitrogens with two attached hydrogens (primary N) is 1. The van der Waals surface area contributed by atoms with Gasteiger partial charge in [-0.3, -0.25) is 0 Å². The van der Waals surface area contributed by atoms with Crippen LogP contribution in [0.1, 0.15) is 10.4 Å². The minimum absolute atomic E-state index is 0.607. The molecule has 0 aliphatic carbocycles. The van der Waals surface area contributed by atoms with E-state index in [-0.39, 0.29) is 0 Å². The van der Waals surface area contributed by atoms with Crippen molar-refractivity contribution in [2.75, 3.05) is 5.73 Å². The smallest absolute Gasteiger partial charge is 0.0701 e. The van der Waals surface area contributed by atoms with E-state index in [0.717, 1.165) is 22.4 Å². The van der Waals surface area contributed by atoms with Gasteiger partial charge in [0.25, 0.3) is 0 Å². The summed E-state index contributed by atoms with van der Waals surface area (Å²) in [5, 5.41) is 3.98. The topological polar surface area (TPSA) is 38.0 Å². The van der Waals surface area contributed by atoms with Crippen molar-refractivity contribution in [2.24, 2.45) is 0 Å². The Morgan fingerprint density at radius 1 is 1.24 bits per heavy atom. The Kier molecular flexibility index (Phi) is 4.45. The maximum Gasteiger partial charge on any atom is 0.0701 e. The van der Waals surface area contributed by atoms with Crippen molar-refractivity contribution < 1.29 is 0 Å².